The Morgan fingerprint density at radius 3 is 2.71 bits per heavy atom. The minimum Gasteiger partial charge on any atom is -0.354 e. The molecule has 3 nitrogen and oxygen atoms in total. The normalized spacial score (nSPS) is 13.6. The summed E-state index contributed by atoms with van der Waals surface area (Å²) in [5.74, 6) is -1.09. The Kier molecular flexibility index (Phi) is 3.34. The minimum absolute atomic E-state index is 0.0877. The molecule has 17 heavy (non-hydrogen) atoms. The van der Waals surface area contributed by atoms with Gasteiger partial charge in [-0.1, -0.05) is 0 Å². The standard InChI is InChI=1S/C9H8F3N3S2/c1-5(6-2-3-16-4-6)13-8-14-7(15-17-8)9(10,11)12/h2-5H,1H3,(H,13,14,15). The molecular weight excluding hydrogens is 271 g/mol. The first-order valence-electron chi connectivity index (χ1n) is 4.66. The zero-order valence-electron chi connectivity index (χ0n) is 8.65. The molecule has 2 heterocycles. The van der Waals surface area contributed by atoms with Gasteiger partial charge in [-0.15, -0.1) is 0 Å². The van der Waals surface area contributed by atoms with Gasteiger partial charge in [-0.3, -0.25) is 0 Å². The number of nitrogens with zero attached hydrogens (tertiary/aromatic N) is 2. The number of anilines is 1. The number of hydrogen-bond donors (Lipinski definition) is 1. The Balaban J connectivity index is 2.07. The van der Waals surface area contributed by atoms with E-state index < -0.39 is 12.0 Å². The highest BCUT2D eigenvalue weighted by Crippen LogP contribution is 2.30. The van der Waals surface area contributed by atoms with Crippen LogP contribution in [0.1, 0.15) is 24.4 Å². The van der Waals surface area contributed by atoms with Crippen molar-refractivity contribution in [2.24, 2.45) is 0 Å². The molecule has 0 saturated carbocycles. The molecule has 0 aliphatic heterocycles. The lowest BCUT2D eigenvalue weighted by Crippen LogP contribution is -2.09. The molecule has 2 aromatic rings. The number of thiophene rings is 1. The largest absolute Gasteiger partial charge is 0.452 e. The number of halogens is 3. The van der Waals surface area contributed by atoms with Crippen LogP contribution in [0.3, 0.4) is 0 Å². The molecule has 1 atom stereocenters. The highest BCUT2D eigenvalue weighted by molar-refractivity contribution is 7.09. The Hall–Kier alpha value is -1.15. The first-order valence-corrected chi connectivity index (χ1v) is 6.38. The monoisotopic (exact) mass is 279 g/mol. The van der Waals surface area contributed by atoms with Gasteiger partial charge >= 0.3 is 6.18 Å². The molecule has 0 fully saturated rings. The second-order valence-corrected chi connectivity index (χ2v) is 4.88. The average molecular weight is 279 g/mol. The first-order chi connectivity index (χ1) is 7.97. The third-order valence-electron chi connectivity index (χ3n) is 2.06. The number of rotatable bonds is 3. The average Bonchev–Trinajstić information content (AvgIpc) is 2.85. The van der Waals surface area contributed by atoms with E-state index in [-0.39, 0.29) is 11.2 Å². The molecule has 0 aromatic carbocycles. The molecule has 2 aromatic heterocycles. The summed E-state index contributed by atoms with van der Waals surface area (Å²) in [5.41, 5.74) is 1.01. The SMILES string of the molecule is CC(Nc1nc(C(F)(F)F)ns1)c1ccsc1. The molecule has 8 heteroatoms. The van der Waals surface area contributed by atoms with Gasteiger partial charge in [0.25, 0.3) is 0 Å². The van der Waals surface area contributed by atoms with E-state index in [0.29, 0.717) is 11.5 Å². The van der Waals surface area contributed by atoms with E-state index in [2.05, 4.69) is 14.7 Å². The molecule has 92 valence electrons. The van der Waals surface area contributed by atoms with Gasteiger partial charge < -0.3 is 5.32 Å². The predicted molar refractivity (Wildman–Crippen MR) is 61.3 cm³/mol. The number of nitrogens with one attached hydrogen (secondary N) is 1. The molecule has 0 radical (unpaired) electrons. The molecule has 1 unspecified atom stereocenters. The molecule has 0 amide bonds. The highest BCUT2D eigenvalue weighted by atomic mass is 32.1. The second kappa shape index (κ2) is 4.61. The second-order valence-electron chi connectivity index (χ2n) is 3.34. The van der Waals surface area contributed by atoms with Crippen LogP contribution in [0.2, 0.25) is 0 Å². The summed E-state index contributed by atoms with van der Waals surface area (Å²) >= 11 is 2.25. The van der Waals surface area contributed by atoms with Crippen LogP contribution in [0.4, 0.5) is 18.3 Å². The summed E-state index contributed by atoms with van der Waals surface area (Å²) < 4.78 is 40.1. The van der Waals surface area contributed by atoms with Gasteiger partial charge in [-0.05, 0) is 29.3 Å². The minimum atomic E-state index is -4.48. The molecule has 0 saturated heterocycles. The van der Waals surface area contributed by atoms with Crippen LogP contribution in [0.15, 0.2) is 16.8 Å². The molecule has 0 aliphatic rings. The van der Waals surface area contributed by atoms with Gasteiger partial charge in [0.05, 0.1) is 6.04 Å². The summed E-state index contributed by atoms with van der Waals surface area (Å²) in [4.78, 5) is 3.41. The van der Waals surface area contributed by atoms with Crippen molar-refractivity contribution in [3.63, 3.8) is 0 Å². The van der Waals surface area contributed by atoms with Crippen LogP contribution in [0.25, 0.3) is 0 Å². The summed E-state index contributed by atoms with van der Waals surface area (Å²) in [6, 6.07) is 1.82. The van der Waals surface area contributed by atoms with Gasteiger partial charge in [-0.2, -0.15) is 33.9 Å². The van der Waals surface area contributed by atoms with Gasteiger partial charge in [0.1, 0.15) is 0 Å². The smallest absolute Gasteiger partial charge is 0.354 e. The van der Waals surface area contributed by atoms with E-state index >= 15 is 0 Å². The van der Waals surface area contributed by atoms with Crippen molar-refractivity contribution >= 4 is 28.0 Å². The lowest BCUT2D eigenvalue weighted by molar-refractivity contribution is -0.144. The molecule has 1 N–H and O–H groups in total. The third-order valence-corrected chi connectivity index (χ3v) is 3.41. The van der Waals surface area contributed by atoms with Crippen LogP contribution in [-0.4, -0.2) is 9.36 Å². The van der Waals surface area contributed by atoms with Crippen molar-refractivity contribution in [2.45, 2.75) is 19.1 Å². The molecular formula is C9H8F3N3S2. The number of alkyl halides is 3. The molecule has 0 bridgehead atoms. The summed E-state index contributed by atoms with van der Waals surface area (Å²) in [7, 11) is 0. The maximum Gasteiger partial charge on any atom is 0.452 e. The van der Waals surface area contributed by atoms with Crippen molar-refractivity contribution in [3.05, 3.63) is 28.2 Å². The topological polar surface area (TPSA) is 37.8 Å². The summed E-state index contributed by atoms with van der Waals surface area (Å²) in [6.07, 6.45) is -4.48. The zero-order valence-corrected chi connectivity index (χ0v) is 10.3. The molecule has 2 rings (SSSR count). The fourth-order valence-corrected chi connectivity index (χ4v) is 2.62. The zero-order chi connectivity index (χ0) is 12.5. The van der Waals surface area contributed by atoms with Crippen LogP contribution >= 0.6 is 22.9 Å². The van der Waals surface area contributed by atoms with E-state index in [1.54, 1.807) is 0 Å². The molecule has 0 aliphatic carbocycles. The highest BCUT2D eigenvalue weighted by Gasteiger charge is 2.36. The Morgan fingerprint density at radius 1 is 1.41 bits per heavy atom. The van der Waals surface area contributed by atoms with Gasteiger partial charge in [0.15, 0.2) is 0 Å². The Labute approximate surface area is 103 Å². The predicted octanol–water partition coefficient (Wildman–Crippen LogP) is 3.79. The van der Waals surface area contributed by atoms with E-state index in [1.165, 1.54) is 11.3 Å². The first kappa shape index (κ1) is 12.3. The van der Waals surface area contributed by atoms with Crippen molar-refractivity contribution in [3.8, 4) is 0 Å². The van der Waals surface area contributed by atoms with Crippen molar-refractivity contribution in [1.29, 1.82) is 0 Å². The van der Waals surface area contributed by atoms with Crippen molar-refractivity contribution < 1.29 is 13.2 Å². The fourth-order valence-electron chi connectivity index (χ4n) is 1.19. The van der Waals surface area contributed by atoms with Gasteiger partial charge in [-0.25, -0.2) is 0 Å². The fraction of sp³-hybridized carbons (Fsp3) is 0.333. The van der Waals surface area contributed by atoms with E-state index in [1.807, 2.05) is 23.8 Å². The maximum absolute atomic E-state index is 12.3. The van der Waals surface area contributed by atoms with Gasteiger partial charge in [0, 0.05) is 11.5 Å². The van der Waals surface area contributed by atoms with Crippen LogP contribution < -0.4 is 5.32 Å². The maximum atomic E-state index is 12.3. The van der Waals surface area contributed by atoms with Crippen LogP contribution in [0.5, 0.6) is 0 Å². The Morgan fingerprint density at radius 2 is 2.18 bits per heavy atom. The van der Waals surface area contributed by atoms with E-state index in [4.69, 9.17) is 0 Å². The third kappa shape index (κ3) is 2.95. The van der Waals surface area contributed by atoms with Crippen LogP contribution in [-0.2, 0) is 6.18 Å². The van der Waals surface area contributed by atoms with Gasteiger partial charge in [0.2, 0.25) is 11.0 Å². The lowest BCUT2D eigenvalue weighted by atomic mass is 10.2. The van der Waals surface area contributed by atoms with Crippen molar-refractivity contribution in [2.75, 3.05) is 5.32 Å². The van der Waals surface area contributed by atoms with Crippen LogP contribution in [0, 0.1) is 0 Å². The number of aromatic nitrogens is 2. The lowest BCUT2D eigenvalue weighted by Gasteiger charge is -2.10. The Bertz CT molecular complexity index is 478. The molecule has 0 spiro atoms. The number of hydrogen-bond acceptors (Lipinski definition) is 5. The van der Waals surface area contributed by atoms with Crippen molar-refractivity contribution in [1.82, 2.24) is 9.36 Å². The van der Waals surface area contributed by atoms with E-state index in [0.717, 1.165) is 5.56 Å². The summed E-state index contributed by atoms with van der Waals surface area (Å²) in [5, 5.41) is 6.91. The summed E-state index contributed by atoms with van der Waals surface area (Å²) in [6.45, 7) is 1.86. The quantitative estimate of drug-likeness (QED) is 0.928. The van der Waals surface area contributed by atoms with E-state index in [9.17, 15) is 13.2 Å².